The summed E-state index contributed by atoms with van der Waals surface area (Å²) >= 11 is 0. The second-order valence-corrected chi connectivity index (χ2v) is 6.85. The molecule has 2 unspecified atom stereocenters. The van der Waals surface area contributed by atoms with Crippen LogP contribution in [-0.4, -0.2) is 24.5 Å². The van der Waals surface area contributed by atoms with Crippen LogP contribution in [0.3, 0.4) is 0 Å². The maximum atomic E-state index is 12.9. The fourth-order valence-electron chi connectivity index (χ4n) is 2.83. The quantitative estimate of drug-likeness (QED) is 0.616. The van der Waals surface area contributed by atoms with Crippen LogP contribution in [0.5, 0.6) is 0 Å². The van der Waals surface area contributed by atoms with E-state index in [9.17, 15) is 14.0 Å². The molecule has 3 amide bonds. The highest BCUT2D eigenvalue weighted by Crippen LogP contribution is 2.13. The van der Waals surface area contributed by atoms with E-state index >= 15 is 0 Å². The Morgan fingerprint density at radius 3 is 2.32 bits per heavy atom. The molecular formula is C22H28FN3O2. The van der Waals surface area contributed by atoms with E-state index < -0.39 is 12.1 Å². The highest BCUT2D eigenvalue weighted by Gasteiger charge is 2.20. The molecule has 6 heteroatoms. The Morgan fingerprint density at radius 2 is 1.68 bits per heavy atom. The van der Waals surface area contributed by atoms with E-state index in [1.807, 2.05) is 44.2 Å². The van der Waals surface area contributed by atoms with Gasteiger partial charge < -0.3 is 16.0 Å². The van der Waals surface area contributed by atoms with Crippen LogP contribution in [0, 0.1) is 5.82 Å². The summed E-state index contributed by atoms with van der Waals surface area (Å²) in [5.41, 5.74) is 1.93. The number of halogens is 1. The van der Waals surface area contributed by atoms with Gasteiger partial charge in [-0.25, -0.2) is 9.18 Å². The summed E-state index contributed by atoms with van der Waals surface area (Å²) in [6.07, 6.45) is 1.32. The first kappa shape index (κ1) is 21.4. The average molecular weight is 385 g/mol. The van der Waals surface area contributed by atoms with E-state index in [4.69, 9.17) is 0 Å². The summed E-state index contributed by atoms with van der Waals surface area (Å²) in [6, 6.07) is 14.8. The van der Waals surface area contributed by atoms with Crippen molar-refractivity contribution in [2.24, 2.45) is 0 Å². The average Bonchev–Trinajstić information content (AvgIpc) is 2.71. The second kappa shape index (κ2) is 11.1. The molecule has 3 N–H and O–H groups in total. The fourth-order valence-corrected chi connectivity index (χ4v) is 2.83. The molecule has 2 rings (SSSR count). The lowest BCUT2D eigenvalue weighted by Gasteiger charge is -2.20. The molecule has 2 atom stereocenters. The minimum atomic E-state index is -0.596. The minimum absolute atomic E-state index is 0.180. The van der Waals surface area contributed by atoms with Crippen molar-refractivity contribution in [2.45, 2.75) is 45.2 Å². The van der Waals surface area contributed by atoms with Gasteiger partial charge in [-0.1, -0.05) is 62.7 Å². The van der Waals surface area contributed by atoms with Gasteiger partial charge in [0, 0.05) is 13.1 Å². The van der Waals surface area contributed by atoms with Gasteiger partial charge in [-0.3, -0.25) is 4.79 Å². The third kappa shape index (κ3) is 7.02. The molecule has 0 heterocycles. The number of urea groups is 1. The lowest BCUT2D eigenvalue weighted by Crippen LogP contribution is -2.50. The zero-order valence-corrected chi connectivity index (χ0v) is 16.4. The first-order valence-corrected chi connectivity index (χ1v) is 9.61. The molecule has 0 radical (unpaired) electrons. The van der Waals surface area contributed by atoms with E-state index in [-0.39, 0.29) is 24.2 Å². The first-order chi connectivity index (χ1) is 13.5. The Kier molecular flexibility index (Phi) is 8.46. The highest BCUT2D eigenvalue weighted by atomic mass is 19.1. The van der Waals surface area contributed by atoms with Crippen molar-refractivity contribution in [3.8, 4) is 0 Å². The monoisotopic (exact) mass is 385 g/mol. The zero-order valence-electron chi connectivity index (χ0n) is 16.4. The van der Waals surface area contributed by atoms with Crippen LogP contribution in [0.2, 0.25) is 0 Å². The van der Waals surface area contributed by atoms with E-state index in [2.05, 4.69) is 16.0 Å². The van der Waals surface area contributed by atoms with Crippen molar-refractivity contribution in [3.63, 3.8) is 0 Å². The highest BCUT2D eigenvalue weighted by molar-refractivity contribution is 5.87. The van der Waals surface area contributed by atoms with E-state index in [1.54, 1.807) is 12.1 Å². The Hall–Kier alpha value is -2.89. The Balaban J connectivity index is 1.82. The first-order valence-electron chi connectivity index (χ1n) is 9.61. The summed E-state index contributed by atoms with van der Waals surface area (Å²) < 4.78 is 12.9. The predicted molar refractivity (Wildman–Crippen MR) is 108 cm³/mol. The maximum absolute atomic E-state index is 12.9. The van der Waals surface area contributed by atoms with Gasteiger partial charge in [0.25, 0.3) is 0 Å². The Labute approximate surface area is 165 Å². The lowest BCUT2D eigenvalue weighted by atomic mass is 10.0. The molecule has 0 aromatic heterocycles. The molecule has 0 saturated heterocycles. The van der Waals surface area contributed by atoms with Crippen LogP contribution in [0.1, 0.15) is 43.7 Å². The number of rotatable bonds is 9. The number of hydrogen-bond donors (Lipinski definition) is 3. The molecule has 0 aliphatic carbocycles. The number of nitrogens with one attached hydrogen (secondary N) is 3. The normalized spacial score (nSPS) is 12.7. The molecule has 0 aliphatic rings. The number of carbonyl (C=O) groups is 2. The molecule has 2 aromatic carbocycles. The van der Waals surface area contributed by atoms with Crippen LogP contribution in [-0.2, 0) is 11.3 Å². The van der Waals surface area contributed by atoms with Gasteiger partial charge in [-0.2, -0.15) is 0 Å². The van der Waals surface area contributed by atoms with Crippen LogP contribution in [0.25, 0.3) is 0 Å². The second-order valence-electron chi connectivity index (χ2n) is 6.85. The Morgan fingerprint density at radius 1 is 1.00 bits per heavy atom. The van der Waals surface area contributed by atoms with E-state index in [1.165, 1.54) is 12.1 Å². The van der Waals surface area contributed by atoms with Crippen molar-refractivity contribution in [1.29, 1.82) is 0 Å². The van der Waals surface area contributed by atoms with Crippen LogP contribution in [0.15, 0.2) is 54.6 Å². The number of amides is 3. The molecule has 0 spiro atoms. The zero-order chi connectivity index (χ0) is 20.4. The van der Waals surface area contributed by atoms with Crippen molar-refractivity contribution >= 4 is 11.9 Å². The van der Waals surface area contributed by atoms with Crippen LogP contribution < -0.4 is 16.0 Å². The van der Waals surface area contributed by atoms with Gasteiger partial charge in [-0.05, 0) is 35.6 Å². The van der Waals surface area contributed by atoms with E-state index in [0.29, 0.717) is 13.0 Å². The Bertz CT molecular complexity index is 750. The van der Waals surface area contributed by atoms with Gasteiger partial charge in [0.2, 0.25) is 5.91 Å². The molecule has 150 valence electrons. The molecule has 0 aliphatic heterocycles. The number of benzene rings is 2. The molecule has 0 saturated carbocycles. The van der Waals surface area contributed by atoms with Crippen LogP contribution in [0.4, 0.5) is 9.18 Å². The lowest BCUT2D eigenvalue weighted by molar-refractivity contribution is -0.123. The summed E-state index contributed by atoms with van der Waals surface area (Å²) in [4.78, 5) is 24.7. The molecule has 0 bridgehead atoms. The smallest absolute Gasteiger partial charge is 0.315 e. The van der Waals surface area contributed by atoms with Crippen molar-refractivity contribution in [3.05, 3.63) is 71.5 Å². The summed E-state index contributed by atoms with van der Waals surface area (Å²) in [7, 11) is 0. The molecular weight excluding hydrogens is 357 g/mol. The van der Waals surface area contributed by atoms with Crippen molar-refractivity contribution in [1.82, 2.24) is 16.0 Å². The minimum Gasteiger partial charge on any atom is -0.354 e. The van der Waals surface area contributed by atoms with Gasteiger partial charge >= 0.3 is 6.03 Å². The van der Waals surface area contributed by atoms with Crippen LogP contribution >= 0.6 is 0 Å². The molecule has 2 aromatic rings. The maximum Gasteiger partial charge on any atom is 0.315 e. The summed E-state index contributed by atoms with van der Waals surface area (Å²) in [5, 5.41) is 8.36. The number of carbonyl (C=O) groups excluding carboxylic acids is 2. The molecule has 5 nitrogen and oxygen atoms in total. The van der Waals surface area contributed by atoms with Gasteiger partial charge in [-0.15, -0.1) is 0 Å². The standard InChI is InChI=1S/C22H28FN3O2/c1-3-7-20(21(27)24-14-16(2)18-8-5-4-6-9-18)26-22(28)25-15-17-10-12-19(23)13-11-17/h4-6,8-13,16,20H,3,7,14-15H2,1-2H3,(H,24,27)(H2,25,26,28). The SMILES string of the molecule is CCCC(NC(=O)NCc1ccc(F)cc1)C(=O)NCC(C)c1ccccc1. The third-order valence-electron chi connectivity index (χ3n) is 4.52. The summed E-state index contributed by atoms with van der Waals surface area (Å²) in [6.45, 7) is 4.78. The van der Waals surface area contributed by atoms with Crippen molar-refractivity contribution in [2.75, 3.05) is 6.54 Å². The predicted octanol–water partition coefficient (Wildman–Crippen LogP) is 3.71. The fraction of sp³-hybridized carbons (Fsp3) is 0.364. The van der Waals surface area contributed by atoms with E-state index in [0.717, 1.165) is 17.5 Å². The summed E-state index contributed by atoms with van der Waals surface area (Å²) in [5.74, 6) is -0.334. The van der Waals surface area contributed by atoms with Gasteiger partial charge in [0.1, 0.15) is 11.9 Å². The van der Waals surface area contributed by atoms with Crippen molar-refractivity contribution < 1.29 is 14.0 Å². The number of hydrogen-bond acceptors (Lipinski definition) is 2. The molecule has 0 fully saturated rings. The van der Waals surface area contributed by atoms with Gasteiger partial charge in [0.15, 0.2) is 0 Å². The molecule has 28 heavy (non-hydrogen) atoms. The van der Waals surface area contributed by atoms with Gasteiger partial charge in [0.05, 0.1) is 0 Å². The largest absolute Gasteiger partial charge is 0.354 e. The third-order valence-corrected chi connectivity index (χ3v) is 4.52. The topological polar surface area (TPSA) is 70.2 Å².